The SMILES string of the molecule is O=C(NC1CCCC1)C(Cc1ccccc1)N(Cc1cccc(Cl)c1)C(=O)Cc1c(F)cccc1Cl. The van der Waals surface area contributed by atoms with E-state index < -0.39 is 11.9 Å². The van der Waals surface area contributed by atoms with Crippen LogP contribution in [0.5, 0.6) is 0 Å². The molecule has 3 aromatic rings. The van der Waals surface area contributed by atoms with E-state index in [0.717, 1.165) is 36.8 Å². The first-order chi connectivity index (χ1) is 17.4. The highest BCUT2D eigenvalue weighted by molar-refractivity contribution is 6.31. The van der Waals surface area contributed by atoms with Gasteiger partial charge in [-0.2, -0.15) is 0 Å². The van der Waals surface area contributed by atoms with Crippen molar-refractivity contribution in [3.63, 3.8) is 0 Å². The Balaban J connectivity index is 1.69. The van der Waals surface area contributed by atoms with Crippen molar-refractivity contribution in [2.75, 3.05) is 0 Å². The molecule has 1 aliphatic rings. The molecule has 7 heteroatoms. The van der Waals surface area contributed by atoms with E-state index in [1.54, 1.807) is 24.3 Å². The van der Waals surface area contributed by atoms with Crippen molar-refractivity contribution in [3.8, 4) is 0 Å². The summed E-state index contributed by atoms with van der Waals surface area (Å²) in [4.78, 5) is 29.0. The van der Waals surface area contributed by atoms with Crippen LogP contribution < -0.4 is 5.32 Å². The van der Waals surface area contributed by atoms with E-state index in [9.17, 15) is 14.0 Å². The summed E-state index contributed by atoms with van der Waals surface area (Å²) in [6, 6.07) is 20.4. The van der Waals surface area contributed by atoms with Crippen molar-refractivity contribution in [2.45, 2.75) is 57.2 Å². The number of carbonyl (C=O) groups is 2. The molecule has 3 aromatic carbocycles. The smallest absolute Gasteiger partial charge is 0.243 e. The molecule has 1 unspecified atom stereocenters. The van der Waals surface area contributed by atoms with Gasteiger partial charge in [0, 0.05) is 34.6 Å². The molecule has 1 fully saturated rings. The molecule has 0 bridgehead atoms. The molecule has 4 rings (SSSR count). The van der Waals surface area contributed by atoms with Gasteiger partial charge in [0.05, 0.1) is 6.42 Å². The predicted octanol–water partition coefficient (Wildman–Crippen LogP) is 6.37. The first-order valence-corrected chi connectivity index (χ1v) is 13.0. The van der Waals surface area contributed by atoms with Gasteiger partial charge in [0.25, 0.3) is 0 Å². The van der Waals surface area contributed by atoms with E-state index in [4.69, 9.17) is 23.2 Å². The Morgan fingerprint density at radius 1 is 0.944 bits per heavy atom. The van der Waals surface area contributed by atoms with Crippen LogP contribution in [0.2, 0.25) is 10.0 Å². The van der Waals surface area contributed by atoms with Crippen LogP contribution in [-0.2, 0) is 29.0 Å². The van der Waals surface area contributed by atoms with E-state index in [-0.39, 0.29) is 41.4 Å². The van der Waals surface area contributed by atoms with Crippen LogP contribution in [0.25, 0.3) is 0 Å². The lowest BCUT2D eigenvalue weighted by Crippen LogP contribution is -2.52. The Labute approximate surface area is 221 Å². The zero-order chi connectivity index (χ0) is 25.5. The first-order valence-electron chi connectivity index (χ1n) is 12.2. The van der Waals surface area contributed by atoms with Crippen molar-refractivity contribution in [1.29, 1.82) is 0 Å². The molecule has 1 aliphatic carbocycles. The average Bonchev–Trinajstić information content (AvgIpc) is 3.37. The van der Waals surface area contributed by atoms with Crippen molar-refractivity contribution in [2.24, 2.45) is 0 Å². The molecule has 4 nitrogen and oxygen atoms in total. The first kappa shape index (κ1) is 26.2. The van der Waals surface area contributed by atoms with Gasteiger partial charge in [-0.3, -0.25) is 9.59 Å². The molecule has 1 atom stereocenters. The fourth-order valence-electron chi connectivity index (χ4n) is 4.71. The predicted molar refractivity (Wildman–Crippen MR) is 141 cm³/mol. The van der Waals surface area contributed by atoms with Gasteiger partial charge in [0.2, 0.25) is 11.8 Å². The van der Waals surface area contributed by atoms with Crippen molar-refractivity contribution < 1.29 is 14.0 Å². The van der Waals surface area contributed by atoms with Gasteiger partial charge < -0.3 is 10.2 Å². The molecular formula is C29H29Cl2FN2O2. The fraction of sp³-hybridized carbons (Fsp3) is 0.310. The average molecular weight is 527 g/mol. The highest BCUT2D eigenvalue weighted by Crippen LogP contribution is 2.24. The van der Waals surface area contributed by atoms with Gasteiger partial charge in [-0.1, -0.05) is 84.6 Å². The van der Waals surface area contributed by atoms with Crippen LogP contribution in [0.1, 0.15) is 42.4 Å². The Hall–Kier alpha value is -2.89. The Morgan fingerprint density at radius 3 is 2.33 bits per heavy atom. The number of carbonyl (C=O) groups excluding carboxylic acids is 2. The molecule has 1 saturated carbocycles. The number of benzene rings is 3. The van der Waals surface area contributed by atoms with Crippen LogP contribution in [0, 0.1) is 5.82 Å². The van der Waals surface area contributed by atoms with Gasteiger partial charge in [0.1, 0.15) is 11.9 Å². The second kappa shape index (κ2) is 12.4. The van der Waals surface area contributed by atoms with Crippen molar-refractivity contribution in [1.82, 2.24) is 10.2 Å². The van der Waals surface area contributed by atoms with Crippen LogP contribution in [-0.4, -0.2) is 28.8 Å². The van der Waals surface area contributed by atoms with Gasteiger partial charge >= 0.3 is 0 Å². The summed E-state index contributed by atoms with van der Waals surface area (Å²) < 4.78 is 14.6. The van der Waals surface area contributed by atoms with E-state index in [2.05, 4.69) is 5.32 Å². The normalized spacial score (nSPS) is 14.4. The Bertz CT molecular complexity index is 1180. The molecule has 0 spiro atoms. The van der Waals surface area contributed by atoms with Crippen molar-refractivity contribution >= 4 is 35.0 Å². The summed E-state index contributed by atoms with van der Waals surface area (Å²) in [6.45, 7) is 0.154. The molecule has 0 heterocycles. The fourth-order valence-corrected chi connectivity index (χ4v) is 5.15. The topological polar surface area (TPSA) is 49.4 Å². The van der Waals surface area contributed by atoms with E-state index >= 15 is 0 Å². The van der Waals surface area contributed by atoms with Gasteiger partial charge in [0.15, 0.2) is 0 Å². The lowest BCUT2D eigenvalue weighted by atomic mass is 10.0. The highest BCUT2D eigenvalue weighted by atomic mass is 35.5. The van der Waals surface area contributed by atoms with E-state index in [1.807, 2.05) is 36.4 Å². The summed E-state index contributed by atoms with van der Waals surface area (Å²) in [7, 11) is 0. The van der Waals surface area contributed by atoms with Crippen LogP contribution >= 0.6 is 23.2 Å². The quantitative estimate of drug-likeness (QED) is 0.352. The summed E-state index contributed by atoms with van der Waals surface area (Å²) in [5.41, 5.74) is 1.83. The molecule has 0 aliphatic heterocycles. The number of halogens is 3. The maximum Gasteiger partial charge on any atom is 0.243 e. The standard InChI is InChI=1S/C29H29Cl2FN2O2/c30-22-11-6-10-21(16-22)19-34(28(35)18-24-25(31)14-7-15-26(24)32)27(17-20-8-2-1-3-9-20)29(36)33-23-12-4-5-13-23/h1-3,6-11,14-16,23,27H,4-5,12-13,17-19H2,(H,33,36). The Kier molecular flexibility index (Phi) is 9.00. The molecule has 188 valence electrons. The second-order valence-electron chi connectivity index (χ2n) is 9.22. The highest BCUT2D eigenvalue weighted by Gasteiger charge is 2.32. The van der Waals surface area contributed by atoms with E-state index in [0.29, 0.717) is 11.4 Å². The monoisotopic (exact) mass is 526 g/mol. The molecule has 0 radical (unpaired) electrons. The number of amides is 2. The largest absolute Gasteiger partial charge is 0.352 e. The summed E-state index contributed by atoms with van der Waals surface area (Å²) in [5, 5.41) is 3.88. The lowest BCUT2D eigenvalue weighted by molar-refractivity contribution is -0.141. The third kappa shape index (κ3) is 6.86. The molecule has 2 amide bonds. The molecular weight excluding hydrogens is 498 g/mol. The number of nitrogens with zero attached hydrogens (tertiary/aromatic N) is 1. The number of rotatable bonds is 9. The zero-order valence-corrected chi connectivity index (χ0v) is 21.4. The summed E-state index contributed by atoms with van der Waals surface area (Å²) in [6.07, 6.45) is 4.08. The zero-order valence-electron chi connectivity index (χ0n) is 19.9. The molecule has 0 aromatic heterocycles. The van der Waals surface area contributed by atoms with Crippen LogP contribution in [0.15, 0.2) is 72.8 Å². The third-order valence-electron chi connectivity index (χ3n) is 6.60. The summed E-state index contributed by atoms with van der Waals surface area (Å²) in [5.74, 6) is -1.14. The minimum atomic E-state index is -0.787. The maximum absolute atomic E-state index is 14.6. The van der Waals surface area contributed by atoms with Gasteiger partial charge in [-0.15, -0.1) is 0 Å². The number of hydrogen-bond acceptors (Lipinski definition) is 2. The van der Waals surface area contributed by atoms with Crippen LogP contribution in [0.4, 0.5) is 4.39 Å². The van der Waals surface area contributed by atoms with Crippen LogP contribution in [0.3, 0.4) is 0 Å². The van der Waals surface area contributed by atoms with Gasteiger partial charge in [-0.05, 0) is 48.2 Å². The van der Waals surface area contributed by atoms with E-state index in [1.165, 1.54) is 17.0 Å². The Morgan fingerprint density at radius 2 is 1.64 bits per heavy atom. The molecule has 1 N–H and O–H groups in total. The summed E-state index contributed by atoms with van der Waals surface area (Å²) >= 11 is 12.5. The van der Waals surface area contributed by atoms with Crippen molar-refractivity contribution in [3.05, 3.63) is 105 Å². The molecule has 36 heavy (non-hydrogen) atoms. The number of nitrogens with one attached hydrogen (secondary N) is 1. The second-order valence-corrected chi connectivity index (χ2v) is 10.1. The maximum atomic E-state index is 14.6. The third-order valence-corrected chi connectivity index (χ3v) is 7.19. The van der Waals surface area contributed by atoms with Gasteiger partial charge in [-0.25, -0.2) is 4.39 Å². The minimum absolute atomic E-state index is 0.0971. The molecule has 0 saturated heterocycles. The minimum Gasteiger partial charge on any atom is -0.352 e. The number of hydrogen-bond donors (Lipinski definition) is 1. The lowest BCUT2D eigenvalue weighted by Gasteiger charge is -2.32.